The van der Waals surface area contributed by atoms with E-state index in [9.17, 15) is 0 Å². The molecule has 0 spiro atoms. The molecule has 0 saturated carbocycles. The van der Waals surface area contributed by atoms with E-state index in [1.165, 1.54) is 0 Å². The quantitative estimate of drug-likeness (QED) is 0.811. The Bertz CT molecular complexity index is 494. The van der Waals surface area contributed by atoms with Gasteiger partial charge in [-0.3, -0.25) is 0 Å². The van der Waals surface area contributed by atoms with Gasteiger partial charge in [0.1, 0.15) is 11.9 Å². The van der Waals surface area contributed by atoms with Crippen molar-refractivity contribution in [3.63, 3.8) is 0 Å². The number of ether oxygens (including phenoxy) is 1. The smallest absolute Gasteiger partial charge is 0.143 e. The second kappa shape index (κ2) is 4.91. The zero-order valence-electron chi connectivity index (χ0n) is 10.2. The summed E-state index contributed by atoms with van der Waals surface area (Å²) in [6, 6.07) is 15.9. The van der Waals surface area contributed by atoms with Crippen LogP contribution >= 0.6 is 0 Å². The maximum Gasteiger partial charge on any atom is 0.143 e. The first-order valence-electron chi connectivity index (χ1n) is 5.74. The summed E-state index contributed by atoms with van der Waals surface area (Å²) in [4.78, 5) is 0. The van der Waals surface area contributed by atoms with Crippen LogP contribution in [0.15, 0.2) is 48.5 Å². The first-order valence-corrected chi connectivity index (χ1v) is 5.74. The average molecular weight is 227 g/mol. The Hall–Kier alpha value is -1.96. The van der Waals surface area contributed by atoms with Crippen LogP contribution in [0.2, 0.25) is 0 Å². The standard InChI is InChI=1S/C15H17NO/c1-11-8-9-14(16)15(10-11)17-12(2)13-6-4-3-5-7-13/h3-10,12H,16H2,1-2H3. The second-order valence-corrected chi connectivity index (χ2v) is 4.21. The Morgan fingerprint density at radius 2 is 1.76 bits per heavy atom. The maximum absolute atomic E-state index is 5.89. The molecule has 2 rings (SSSR count). The molecule has 2 aromatic carbocycles. The molecule has 0 aliphatic heterocycles. The Morgan fingerprint density at radius 3 is 2.47 bits per heavy atom. The van der Waals surface area contributed by atoms with E-state index in [-0.39, 0.29) is 6.10 Å². The van der Waals surface area contributed by atoms with Crippen molar-refractivity contribution in [2.75, 3.05) is 5.73 Å². The zero-order valence-corrected chi connectivity index (χ0v) is 10.2. The summed E-state index contributed by atoms with van der Waals surface area (Å²) in [6.45, 7) is 4.05. The van der Waals surface area contributed by atoms with Crippen LogP contribution in [-0.4, -0.2) is 0 Å². The van der Waals surface area contributed by atoms with Crippen LogP contribution in [0.1, 0.15) is 24.2 Å². The highest BCUT2D eigenvalue weighted by Crippen LogP contribution is 2.27. The molecule has 2 heteroatoms. The van der Waals surface area contributed by atoms with Crippen molar-refractivity contribution in [3.8, 4) is 5.75 Å². The number of nitrogen functional groups attached to an aromatic ring is 1. The average Bonchev–Trinajstić information content (AvgIpc) is 2.35. The summed E-state index contributed by atoms with van der Waals surface area (Å²) < 4.78 is 5.89. The molecule has 0 aromatic heterocycles. The molecule has 0 radical (unpaired) electrons. The third-order valence-electron chi connectivity index (χ3n) is 2.74. The van der Waals surface area contributed by atoms with E-state index >= 15 is 0 Å². The largest absolute Gasteiger partial charge is 0.484 e. The third kappa shape index (κ3) is 2.78. The highest BCUT2D eigenvalue weighted by Gasteiger charge is 2.08. The molecule has 0 amide bonds. The van der Waals surface area contributed by atoms with Gasteiger partial charge >= 0.3 is 0 Å². The van der Waals surface area contributed by atoms with Crippen LogP contribution in [0.4, 0.5) is 5.69 Å². The molecule has 0 saturated heterocycles. The summed E-state index contributed by atoms with van der Waals surface area (Å²) >= 11 is 0. The fourth-order valence-electron chi connectivity index (χ4n) is 1.73. The molecule has 1 unspecified atom stereocenters. The Labute approximate surface area is 102 Å². The minimum atomic E-state index is 0.000278. The Kier molecular flexibility index (Phi) is 3.33. The number of hydrogen-bond acceptors (Lipinski definition) is 2. The van der Waals surface area contributed by atoms with E-state index in [0.29, 0.717) is 5.69 Å². The van der Waals surface area contributed by atoms with Gasteiger partial charge in [-0.2, -0.15) is 0 Å². The van der Waals surface area contributed by atoms with Crippen LogP contribution in [0.25, 0.3) is 0 Å². The molecule has 17 heavy (non-hydrogen) atoms. The van der Waals surface area contributed by atoms with E-state index in [2.05, 4.69) is 12.1 Å². The van der Waals surface area contributed by atoms with Crippen molar-refractivity contribution in [2.45, 2.75) is 20.0 Å². The molecule has 1 atom stereocenters. The van der Waals surface area contributed by atoms with Gasteiger partial charge in [-0.1, -0.05) is 36.4 Å². The summed E-state index contributed by atoms with van der Waals surface area (Å²) in [5.74, 6) is 0.751. The van der Waals surface area contributed by atoms with Crippen molar-refractivity contribution >= 4 is 5.69 Å². The van der Waals surface area contributed by atoms with Gasteiger partial charge < -0.3 is 10.5 Å². The molecule has 0 fully saturated rings. The van der Waals surface area contributed by atoms with Crippen LogP contribution < -0.4 is 10.5 Å². The van der Waals surface area contributed by atoms with Gasteiger partial charge in [0.15, 0.2) is 0 Å². The Morgan fingerprint density at radius 1 is 1.06 bits per heavy atom. The molecule has 88 valence electrons. The molecule has 0 aliphatic carbocycles. The summed E-state index contributed by atoms with van der Waals surface area (Å²) in [5, 5.41) is 0. The summed E-state index contributed by atoms with van der Waals surface area (Å²) in [7, 11) is 0. The minimum absolute atomic E-state index is 0.000278. The fraction of sp³-hybridized carbons (Fsp3) is 0.200. The van der Waals surface area contributed by atoms with E-state index < -0.39 is 0 Å². The SMILES string of the molecule is Cc1ccc(N)c(OC(C)c2ccccc2)c1. The Balaban J connectivity index is 2.18. The molecular weight excluding hydrogens is 210 g/mol. The van der Waals surface area contributed by atoms with Gasteiger partial charge in [0.2, 0.25) is 0 Å². The van der Waals surface area contributed by atoms with Crippen molar-refractivity contribution in [2.24, 2.45) is 0 Å². The lowest BCUT2D eigenvalue weighted by Crippen LogP contribution is -2.04. The van der Waals surface area contributed by atoms with E-state index in [1.807, 2.05) is 50.2 Å². The molecule has 0 heterocycles. The highest BCUT2D eigenvalue weighted by atomic mass is 16.5. The van der Waals surface area contributed by atoms with E-state index in [1.54, 1.807) is 0 Å². The normalized spacial score (nSPS) is 12.1. The zero-order chi connectivity index (χ0) is 12.3. The molecule has 0 aliphatic rings. The maximum atomic E-state index is 5.89. The number of nitrogens with two attached hydrogens (primary N) is 1. The topological polar surface area (TPSA) is 35.2 Å². The molecule has 2 aromatic rings. The number of anilines is 1. The van der Waals surface area contributed by atoms with E-state index in [4.69, 9.17) is 10.5 Å². The number of hydrogen-bond donors (Lipinski definition) is 1. The van der Waals surface area contributed by atoms with Crippen LogP contribution in [0, 0.1) is 6.92 Å². The van der Waals surface area contributed by atoms with E-state index in [0.717, 1.165) is 16.9 Å². The van der Waals surface area contributed by atoms with Gasteiger partial charge in [0.25, 0.3) is 0 Å². The van der Waals surface area contributed by atoms with Crippen molar-refractivity contribution in [1.82, 2.24) is 0 Å². The van der Waals surface area contributed by atoms with Crippen LogP contribution in [-0.2, 0) is 0 Å². The number of aryl methyl sites for hydroxylation is 1. The lowest BCUT2D eigenvalue weighted by atomic mass is 10.1. The van der Waals surface area contributed by atoms with Gasteiger partial charge in [0.05, 0.1) is 5.69 Å². The summed E-state index contributed by atoms with van der Waals surface area (Å²) in [5.41, 5.74) is 8.86. The van der Waals surface area contributed by atoms with Gasteiger partial charge in [-0.15, -0.1) is 0 Å². The second-order valence-electron chi connectivity index (χ2n) is 4.21. The predicted octanol–water partition coefficient (Wildman–Crippen LogP) is 3.72. The van der Waals surface area contributed by atoms with Gasteiger partial charge in [-0.25, -0.2) is 0 Å². The third-order valence-corrected chi connectivity index (χ3v) is 2.74. The van der Waals surface area contributed by atoms with Crippen LogP contribution in [0.3, 0.4) is 0 Å². The van der Waals surface area contributed by atoms with Crippen molar-refractivity contribution in [1.29, 1.82) is 0 Å². The first-order chi connectivity index (χ1) is 8.16. The van der Waals surface area contributed by atoms with Crippen LogP contribution in [0.5, 0.6) is 5.75 Å². The molecule has 2 nitrogen and oxygen atoms in total. The number of rotatable bonds is 3. The molecule has 0 bridgehead atoms. The monoisotopic (exact) mass is 227 g/mol. The first kappa shape index (κ1) is 11.5. The van der Waals surface area contributed by atoms with Crippen molar-refractivity contribution < 1.29 is 4.74 Å². The molecular formula is C15H17NO. The predicted molar refractivity (Wildman–Crippen MR) is 71.1 cm³/mol. The van der Waals surface area contributed by atoms with Gasteiger partial charge in [-0.05, 0) is 37.1 Å². The molecule has 2 N–H and O–H groups in total. The van der Waals surface area contributed by atoms with Gasteiger partial charge in [0, 0.05) is 0 Å². The highest BCUT2D eigenvalue weighted by molar-refractivity contribution is 5.54. The van der Waals surface area contributed by atoms with Crippen molar-refractivity contribution in [3.05, 3.63) is 59.7 Å². The minimum Gasteiger partial charge on any atom is -0.484 e. The lowest BCUT2D eigenvalue weighted by molar-refractivity contribution is 0.228. The lowest BCUT2D eigenvalue weighted by Gasteiger charge is -2.16. The number of benzene rings is 2. The fourth-order valence-corrected chi connectivity index (χ4v) is 1.73. The summed E-state index contributed by atoms with van der Waals surface area (Å²) in [6.07, 6.45) is 0.000278.